The van der Waals surface area contributed by atoms with Crippen LogP contribution in [-0.4, -0.2) is 38.9 Å². The summed E-state index contributed by atoms with van der Waals surface area (Å²) >= 11 is 0. The predicted octanol–water partition coefficient (Wildman–Crippen LogP) is 8.16. The Morgan fingerprint density at radius 3 is 1.53 bits per heavy atom. The smallest absolute Gasteiger partial charge is 0.270 e. The van der Waals surface area contributed by atoms with E-state index >= 15 is 0 Å². The van der Waals surface area contributed by atoms with E-state index in [1.54, 1.807) is 45.0 Å². The van der Waals surface area contributed by atoms with Crippen molar-refractivity contribution in [2.75, 3.05) is 0 Å². The number of amides is 3. The molecule has 1 unspecified atom stereocenters. The van der Waals surface area contributed by atoms with Gasteiger partial charge in [0.15, 0.2) is 0 Å². The lowest BCUT2D eigenvalue weighted by Crippen LogP contribution is -2.59. The molecule has 0 bridgehead atoms. The second-order valence-electron chi connectivity index (χ2n) is 12.7. The van der Waals surface area contributed by atoms with Crippen LogP contribution in [-0.2, 0) is 4.79 Å². The van der Waals surface area contributed by atoms with E-state index < -0.39 is 35.2 Å². The SMILES string of the molecule is CC(C)(C)C(C(=O)N(O)C(c1cccc2ccccc12)c1cccc2ccccc12)N1C(=O)c2cccc3cccc(c23)C1=O. The van der Waals surface area contributed by atoms with Gasteiger partial charge in [0, 0.05) is 16.5 Å². The van der Waals surface area contributed by atoms with E-state index in [-0.39, 0.29) is 0 Å². The van der Waals surface area contributed by atoms with Crippen molar-refractivity contribution in [3.05, 3.63) is 144 Å². The summed E-state index contributed by atoms with van der Waals surface area (Å²) in [6, 6.07) is 35.7. The molecule has 0 saturated carbocycles. The molecule has 1 aliphatic rings. The quantitative estimate of drug-likeness (QED) is 0.124. The van der Waals surface area contributed by atoms with E-state index in [1.807, 2.05) is 97.1 Å². The number of rotatable bonds is 5. The topological polar surface area (TPSA) is 77.9 Å². The zero-order chi connectivity index (χ0) is 31.5. The van der Waals surface area contributed by atoms with Crippen molar-refractivity contribution in [1.29, 1.82) is 0 Å². The van der Waals surface area contributed by atoms with Crippen LogP contribution in [0.4, 0.5) is 0 Å². The molecule has 0 saturated heterocycles. The molecule has 222 valence electrons. The van der Waals surface area contributed by atoms with Gasteiger partial charge in [0.05, 0.1) is 0 Å². The zero-order valence-corrected chi connectivity index (χ0v) is 25.3. The molecule has 3 amide bonds. The number of carbonyl (C=O) groups is 3. The molecular formula is C39H32N2O4. The molecule has 6 aromatic carbocycles. The summed E-state index contributed by atoms with van der Waals surface area (Å²) in [5.74, 6) is -1.86. The van der Waals surface area contributed by atoms with Crippen molar-refractivity contribution in [3.63, 3.8) is 0 Å². The van der Waals surface area contributed by atoms with Gasteiger partial charge in [0.1, 0.15) is 12.1 Å². The minimum Gasteiger partial charge on any atom is -0.285 e. The Morgan fingerprint density at radius 1 is 0.622 bits per heavy atom. The summed E-state index contributed by atoms with van der Waals surface area (Å²) in [6.45, 7) is 5.40. The molecule has 6 nitrogen and oxygen atoms in total. The molecule has 1 N–H and O–H groups in total. The number of hydroxylamine groups is 2. The molecule has 6 heteroatoms. The Balaban J connectivity index is 1.41. The number of fused-ring (bicyclic) bond motifs is 2. The molecule has 0 radical (unpaired) electrons. The van der Waals surface area contributed by atoms with E-state index in [2.05, 4.69) is 0 Å². The van der Waals surface area contributed by atoms with Crippen molar-refractivity contribution >= 4 is 50.0 Å². The maximum Gasteiger partial charge on any atom is 0.270 e. The molecule has 6 aromatic rings. The lowest BCUT2D eigenvalue weighted by Gasteiger charge is -2.42. The Bertz CT molecular complexity index is 2020. The molecular weight excluding hydrogens is 560 g/mol. The largest absolute Gasteiger partial charge is 0.285 e. The highest BCUT2D eigenvalue weighted by atomic mass is 16.5. The molecule has 1 heterocycles. The van der Waals surface area contributed by atoms with Crippen LogP contribution in [0.25, 0.3) is 32.3 Å². The van der Waals surface area contributed by atoms with Crippen molar-refractivity contribution in [1.82, 2.24) is 9.96 Å². The fourth-order valence-electron chi connectivity index (χ4n) is 6.81. The van der Waals surface area contributed by atoms with Crippen molar-refractivity contribution in [2.45, 2.75) is 32.9 Å². The van der Waals surface area contributed by atoms with Gasteiger partial charge < -0.3 is 0 Å². The van der Waals surface area contributed by atoms with Crippen LogP contribution < -0.4 is 0 Å². The van der Waals surface area contributed by atoms with Crippen LogP contribution in [0.5, 0.6) is 0 Å². The third kappa shape index (κ3) is 4.57. The van der Waals surface area contributed by atoms with E-state index in [0.29, 0.717) is 16.5 Å². The maximum absolute atomic E-state index is 14.8. The van der Waals surface area contributed by atoms with Crippen molar-refractivity contribution in [3.8, 4) is 0 Å². The molecule has 0 aromatic heterocycles. The van der Waals surface area contributed by atoms with Gasteiger partial charge in [-0.05, 0) is 55.6 Å². The highest BCUT2D eigenvalue weighted by Gasteiger charge is 2.48. The Labute approximate surface area is 261 Å². The summed E-state index contributed by atoms with van der Waals surface area (Å²) in [4.78, 5) is 44.2. The monoisotopic (exact) mass is 592 g/mol. The zero-order valence-electron chi connectivity index (χ0n) is 25.3. The van der Waals surface area contributed by atoms with Crippen LogP contribution in [0.3, 0.4) is 0 Å². The first-order valence-electron chi connectivity index (χ1n) is 15.0. The van der Waals surface area contributed by atoms with Crippen LogP contribution >= 0.6 is 0 Å². The van der Waals surface area contributed by atoms with Crippen LogP contribution in [0, 0.1) is 5.41 Å². The lowest BCUT2D eigenvalue weighted by atomic mass is 9.82. The second-order valence-corrected chi connectivity index (χ2v) is 12.7. The summed E-state index contributed by atoms with van der Waals surface area (Å²) in [7, 11) is 0. The number of hydrogen-bond donors (Lipinski definition) is 1. The number of benzene rings is 6. The molecule has 0 aliphatic carbocycles. The summed E-state index contributed by atoms with van der Waals surface area (Å²) in [5.41, 5.74) is 1.23. The van der Waals surface area contributed by atoms with Gasteiger partial charge in [-0.2, -0.15) is 0 Å². The van der Waals surface area contributed by atoms with Crippen LogP contribution in [0.1, 0.15) is 58.7 Å². The average molecular weight is 593 g/mol. The maximum atomic E-state index is 14.8. The Hall–Kier alpha value is -5.33. The predicted molar refractivity (Wildman–Crippen MR) is 176 cm³/mol. The normalized spacial score (nSPS) is 14.0. The lowest BCUT2D eigenvalue weighted by molar-refractivity contribution is -0.180. The first-order valence-corrected chi connectivity index (χ1v) is 15.0. The third-order valence-electron chi connectivity index (χ3n) is 8.82. The first kappa shape index (κ1) is 28.4. The van der Waals surface area contributed by atoms with Gasteiger partial charge >= 0.3 is 0 Å². The third-order valence-corrected chi connectivity index (χ3v) is 8.82. The van der Waals surface area contributed by atoms with Crippen molar-refractivity contribution in [2.24, 2.45) is 5.41 Å². The fourth-order valence-corrected chi connectivity index (χ4v) is 6.81. The van der Waals surface area contributed by atoms with Crippen molar-refractivity contribution < 1.29 is 19.6 Å². The number of nitrogens with zero attached hydrogens (tertiary/aromatic N) is 2. The van der Waals surface area contributed by atoms with E-state index in [0.717, 1.165) is 48.0 Å². The minimum absolute atomic E-state index is 0.355. The number of carbonyl (C=O) groups excluding carboxylic acids is 3. The molecule has 0 fully saturated rings. The van der Waals surface area contributed by atoms with Gasteiger partial charge in [0.25, 0.3) is 17.7 Å². The van der Waals surface area contributed by atoms with E-state index in [4.69, 9.17) is 0 Å². The Kier molecular flexibility index (Phi) is 6.75. The standard InChI is InChI=1S/C39H32N2O4/c1-39(2,3)35(40-36(42)31-22-10-16-26-17-11-23-32(33(26)31)37(40)43)38(44)41(45)34(29-20-8-14-24-12-4-6-18-27(24)29)30-21-9-15-25-13-5-7-19-28(25)30/h4-23,34-35,45H,1-3H3. The molecule has 0 spiro atoms. The average Bonchev–Trinajstić information content (AvgIpc) is 3.05. The molecule has 45 heavy (non-hydrogen) atoms. The van der Waals surface area contributed by atoms with Gasteiger partial charge in [-0.15, -0.1) is 0 Å². The summed E-state index contributed by atoms with van der Waals surface area (Å²) < 4.78 is 0. The molecule has 7 rings (SSSR count). The molecule has 1 aliphatic heterocycles. The van der Waals surface area contributed by atoms with Gasteiger partial charge in [-0.25, -0.2) is 5.06 Å². The van der Waals surface area contributed by atoms with Crippen LogP contribution in [0.15, 0.2) is 121 Å². The fraction of sp³-hybridized carbons (Fsp3) is 0.154. The van der Waals surface area contributed by atoms with Gasteiger partial charge in [-0.3, -0.25) is 24.5 Å². The van der Waals surface area contributed by atoms with Gasteiger partial charge in [0.2, 0.25) is 0 Å². The number of imide groups is 1. The minimum atomic E-state index is -1.31. The first-order chi connectivity index (χ1) is 21.7. The van der Waals surface area contributed by atoms with E-state index in [1.165, 1.54) is 0 Å². The highest BCUT2D eigenvalue weighted by Crippen LogP contribution is 2.40. The van der Waals surface area contributed by atoms with E-state index in [9.17, 15) is 19.6 Å². The number of hydrogen-bond acceptors (Lipinski definition) is 4. The van der Waals surface area contributed by atoms with Gasteiger partial charge in [-0.1, -0.05) is 130 Å². The second kappa shape index (κ2) is 10.7. The van der Waals surface area contributed by atoms with Crippen LogP contribution in [0.2, 0.25) is 0 Å². The summed E-state index contributed by atoms with van der Waals surface area (Å²) in [5, 5.41) is 18.0. The Morgan fingerprint density at radius 2 is 1.04 bits per heavy atom. The highest BCUT2D eigenvalue weighted by molar-refractivity contribution is 6.26. The molecule has 1 atom stereocenters. The summed E-state index contributed by atoms with van der Waals surface area (Å²) in [6.07, 6.45) is 0.